The van der Waals surface area contributed by atoms with Crippen molar-refractivity contribution in [1.82, 2.24) is 24.6 Å². The summed E-state index contributed by atoms with van der Waals surface area (Å²) in [5.74, 6) is 0.805. The van der Waals surface area contributed by atoms with E-state index < -0.39 is 0 Å². The second-order valence-corrected chi connectivity index (χ2v) is 5.33. The molecule has 4 aromatic rings. The van der Waals surface area contributed by atoms with Gasteiger partial charge in [-0.1, -0.05) is 30.3 Å². The van der Waals surface area contributed by atoms with Crippen LogP contribution in [0, 0.1) is 0 Å². The summed E-state index contributed by atoms with van der Waals surface area (Å²) in [6.07, 6.45) is 6.66. The van der Waals surface area contributed by atoms with E-state index in [0.717, 1.165) is 22.6 Å². The lowest BCUT2D eigenvalue weighted by molar-refractivity contribution is 0.922. The Bertz CT molecular complexity index is 968. The molecule has 1 N–H and O–H groups in total. The number of rotatable bonds is 4. The van der Waals surface area contributed by atoms with Crippen molar-refractivity contribution in [1.29, 1.82) is 0 Å². The fourth-order valence-corrected chi connectivity index (χ4v) is 2.48. The van der Waals surface area contributed by atoms with Gasteiger partial charge in [0, 0.05) is 42.3 Å². The number of hydrogen-bond donors (Lipinski definition) is 1. The first-order valence-electron chi connectivity index (χ1n) is 7.49. The second kappa shape index (κ2) is 6.12. The van der Waals surface area contributed by atoms with Gasteiger partial charge in [-0.2, -0.15) is 9.61 Å². The number of nitrogens with one attached hydrogen (secondary N) is 1. The summed E-state index contributed by atoms with van der Waals surface area (Å²) >= 11 is 0. The summed E-state index contributed by atoms with van der Waals surface area (Å²) in [7, 11) is 6.01. The molecule has 0 bridgehead atoms. The molecular weight excluding hydrogens is 299 g/mol. The Labute approximate surface area is 140 Å². The highest BCUT2D eigenvalue weighted by Gasteiger charge is 2.10. The Kier molecular flexibility index (Phi) is 3.67. The molecule has 114 valence electrons. The lowest BCUT2D eigenvalue weighted by atomic mass is 10.0. The van der Waals surface area contributed by atoms with E-state index in [1.165, 1.54) is 6.33 Å². The molecule has 0 aliphatic carbocycles. The van der Waals surface area contributed by atoms with Gasteiger partial charge in [0.05, 0.1) is 5.69 Å². The summed E-state index contributed by atoms with van der Waals surface area (Å²) in [4.78, 5) is 12.7. The molecule has 7 heteroatoms. The molecule has 4 rings (SSSR count). The number of fused-ring (bicyclic) bond motifs is 1. The van der Waals surface area contributed by atoms with Crippen LogP contribution in [0.5, 0.6) is 0 Å². The molecule has 0 spiro atoms. The van der Waals surface area contributed by atoms with Crippen molar-refractivity contribution in [2.75, 3.05) is 5.32 Å². The van der Waals surface area contributed by atoms with Crippen molar-refractivity contribution in [3.05, 3.63) is 66.9 Å². The average molecular weight is 312 g/mol. The van der Waals surface area contributed by atoms with Crippen LogP contribution >= 0.6 is 0 Å². The molecule has 1 aromatic carbocycles. The molecule has 6 nitrogen and oxygen atoms in total. The van der Waals surface area contributed by atoms with E-state index in [1.54, 1.807) is 23.1 Å². The van der Waals surface area contributed by atoms with Crippen molar-refractivity contribution in [2.24, 2.45) is 0 Å². The standard InChI is InChI=1S/C17H13BN6/c18-14-10-22-24-16(21-9-12-7-19-11-20-8-12)6-15(23-17(14)24)13-4-2-1-3-5-13/h1-8,10-11,21H,9H2. The maximum absolute atomic E-state index is 6.01. The van der Waals surface area contributed by atoms with Crippen LogP contribution < -0.4 is 10.8 Å². The number of anilines is 1. The summed E-state index contributed by atoms with van der Waals surface area (Å²) in [5, 5.41) is 7.65. The van der Waals surface area contributed by atoms with Crippen molar-refractivity contribution < 1.29 is 0 Å². The molecule has 0 saturated heterocycles. The Morgan fingerprint density at radius 3 is 2.62 bits per heavy atom. The van der Waals surface area contributed by atoms with Crippen LogP contribution in [0.25, 0.3) is 16.9 Å². The van der Waals surface area contributed by atoms with Gasteiger partial charge >= 0.3 is 0 Å². The van der Waals surface area contributed by atoms with Crippen LogP contribution in [-0.2, 0) is 6.54 Å². The smallest absolute Gasteiger partial charge is 0.150 e. The Balaban J connectivity index is 1.76. The molecule has 0 fully saturated rings. The summed E-state index contributed by atoms with van der Waals surface area (Å²) < 4.78 is 1.70. The Morgan fingerprint density at radius 2 is 1.83 bits per heavy atom. The van der Waals surface area contributed by atoms with Gasteiger partial charge in [0.2, 0.25) is 0 Å². The Hall–Kier alpha value is -3.22. The minimum absolute atomic E-state index is 0.541. The monoisotopic (exact) mass is 312 g/mol. The average Bonchev–Trinajstić information content (AvgIpc) is 3.02. The molecule has 0 aliphatic rings. The van der Waals surface area contributed by atoms with Crippen LogP contribution in [0.15, 0.2) is 61.3 Å². The van der Waals surface area contributed by atoms with E-state index in [2.05, 4.69) is 25.4 Å². The SMILES string of the molecule is [B]c1cnn2c(NCc3cncnc3)cc(-c3ccccc3)nc12. The van der Waals surface area contributed by atoms with Crippen molar-refractivity contribution in [2.45, 2.75) is 6.54 Å². The van der Waals surface area contributed by atoms with Gasteiger partial charge in [0.25, 0.3) is 0 Å². The molecule has 3 aromatic heterocycles. The predicted molar refractivity (Wildman–Crippen MR) is 93.2 cm³/mol. The fraction of sp³-hybridized carbons (Fsp3) is 0.0588. The highest BCUT2D eigenvalue weighted by molar-refractivity contribution is 6.36. The second-order valence-electron chi connectivity index (χ2n) is 5.33. The zero-order chi connectivity index (χ0) is 16.4. The van der Waals surface area contributed by atoms with E-state index in [9.17, 15) is 0 Å². The van der Waals surface area contributed by atoms with Crippen molar-refractivity contribution in [3.8, 4) is 11.3 Å². The third-order valence-electron chi connectivity index (χ3n) is 3.66. The highest BCUT2D eigenvalue weighted by Crippen LogP contribution is 2.21. The van der Waals surface area contributed by atoms with Gasteiger partial charge in [-0.3, -0.25) is 0 Å². The van der Waals surface area contributed by atoms with Gasteiger partial charge < -0.3 is 5.32 Å². The molecular formula is C17H13BN6. The van der Waals surface area contributed by atoms with Gasteiger partial charge in [-0.15, -0.1) is 0 Å². The molecule has 0 unspecified atom stereocenters. The largest absolute Gasteiger partial charge is 0.366 e. The van der Waals surface area contributed by atoms with E-state index in [-0.39, 0.29) is 0 Å². The molecule has 0 saturated carbocycles. The van der Waals surface area contributed by atoms with Crippen LogP contribution in [-0.4, -0.2) is 32.4 Å². The number of nitrogens with zero attached hydrogens (tertiary/aromatic N) is 5. The number of hydrogen-bond acceptors (Lipinski definition) is 5. The van der Waals surface area contributed by atoms with E-state index in [1.807, 2.05) is 36.4 Å². The third-order valence-corrected chi connectivity index (χ3v) is 3.66. The number of aromatic nitrogens is 5. The number of benzene rings is 1. The van der Waals surface area contributed by atoms with Crippen molar-refractivity contribution >= 4 is 24.8 Å². The third kappa shape index (κ3) is 2.71. The zero-order valence-corrected chi connectivity index (χ0v) is 12.8. The minimum atomic E-state index is 0.541. The first-order chi connectivity index (χ1) is 11.8. The highest BCUT2D eigenvalue weighted by atomic mass is 15.3. The molecule has 2 radical (unpaired) electrons. The summed E-state index contributed by atoms with van der Waals surface area (Å²) in [6.45, 7) is 0.577. The minimum Gasteiger partial charge on any atom is -0.366 e. The Morgan fingerprint density at radius 1 is 1.04 bits per heavy atom. The van der Waals surface area contributed by atoms with E-state index in [4.69, 9.17) is 7.85 Å². The molecule has 0 aliphatic heterocycles. The maximum Gasteiger partial charge on any atom is 0.150 e. The van der Waals surface area contributed by atoms with Gasteiger partial charge in [-0.05, 0) is 5.46 Å². The lowest BCUT2D eigenvalue weighted by Crippen LogP contribution is -2.09. The van der Waals surface area contributed by atoms with Crippen molar-refractivity contribution in [3.63, 3.8) is 0 Å². The first kappa shape index (κ1) is 14.4. The predicted octanol–water partition coefficient (Wildman–Crippen LogP) is 1.59. The first-order valence-corrected chi connectivity index (χ1v) is 7.49. The normalized spacial score (nSPS) is 10.8. The quantitative estimate of drug-likeness (QED) is 0.580. The fourth-order valence-electron chi connectivity index (χ4n) is 2.48. The maximum atomic E-state index is 6.01. The van der Waals surface area contributed by atoms with Gasteiger partial charge in [-0.25, -0.2) is 15.0 Å². The van der Waals surface area contributed by atoms with Gasteiger partial charge in [0.1, 0.15) is 20.0 Å². The van der Waals surface area contributed by atoms with Crippen LogP contribution in [0.3, 0.4) is 0 Å². The topological polar surface area (TPSA) is 68.0 Å². The molecule has 0 atom stereocenters. The van der Waals surface area contributed by atoms with Crippen LogP contribution in [0.1, 0.15) is 5.56 Å². The zero-order valence-electron chi connectivity index (χ0n) is 12.8. The van der Waals surface area contributed by atoms with Gasteiger partial charge in [0.15, 0.2) is 5.65 Å². The molecule has 3 heterocycles. The molecule has 0 amide bonds. The summed E-state index contributed by atoms with van der Waals surface area (Å²) in [5.41, 5.74) is 4.00. The summed E-state index contributed by atoms with van der Waals surface area (Å²) in [6, 6.07) is 11.9. The van der Waals surface area contributed by atoms with E-state index >= 15 is 0 Å². The van der Waals surface area contributed by atoms with E-state index in [0.29, 0.717) is 17.7 Å². The van der Waals surface area contributed by atoms with Crippen LogP contribution in [0.2, 0.25) is 0 Å². The molecule has 24 heavy (non-hydrogen) atoms. The van der Waals surface area contributed by atoms with Crippen LogP contribution in [0.4, 0.5) is 5.82 Å². The lowest BCUT2D eigenvalue weighted by Gasteiger charge is -2.11.